The zero-order valence-electron chi connectivity index (χ0n) is 14.1. The summed E-state index contributed by atoms with van der Waals surface area (Å²) in [5, 5.41) is 12.1. The molecule has 0 aromatic heterocycles. The molecule has 0 spiro atoms. The lowest BCUT2D eigenvalue weighted by molar-refractivity contribution is -0.117. The molecule has 1 fully saturated rings. The number of nitrogens with zero attached hydrogens (tertiary/aromatic N) is 2. The Bertz CT molecular complexity index is 807. The molecule has 0 atom stereocenters. The Morgan fingerprint density at radius 1 is 1.28 bits per heavy atom. The number of anilines is 1. The van der Waals surface area contributed by atoms with Gasteiger partial charge < -0.3 is 5.32 Å². The Morgan fingerprint density at radius 2 is 2.00 bits per heavy atom. The molecule has 128 valence electrons. The van der Waals surface area contributed by atoms with Gasteiger partial charge in [-0.25, -0.2) is 0 Å². The largest absolute Gasteiger partial charge is 0.325 e. The van der Waals surface area contributed by atoms with Crippen molar-refractivity contribution in [2.24, 2.45) is 0 Å². The Balaban J connectivity index is 1.62. The second kappa shape index (κ2) is 7.69. The molecule has 2 aromatic carbocycles. The average molecular weight is 354 g/mol. The first-order chi connectivity index (χ1) is 12.0. The molecule has 0 radical (unpaired) electrons. The maximum absolute atomic E-state index is 12.4. The summed E-state index contributed by atoms with van der Waals surface area (Å²) in [6.07, 6.45) is 2.28. The molecule has 1 amide bonds. The van der Waals surface area contributed by atoms with Gasteiger partial charge in [0.2, 0.25) is 5.91 Å². The van der Waals surface area contributed by atoms with Crippen LogP contribution in [-0.2, 0) is 11.3 Å². The quantitative estimate of drug-likeness (QED) is 0.849. The van der Waals surface area contributed by atoms with E-state index in [4.69, 9.17) is 16.9 Å². The molecule has 0 heterocycles. The number of nitriles is 1. The minimum Gasteiger partial charge on any atom is -0.325 e. The van der Waals surface area contributed by atoms with Crippen LogP contribution in [0.25, 0.3) is 0 Å². The predicted octanol–water partition coefficient (Wildman–Crippen LogP) is 4.12. The molecule has 1 aliphatic rings. The summed E-state index contributed by atoms with van der Waals surface area (Å²) in [5.41, 5.74) is 3.46. The first kappa shape index (κ1) is 17.5. The van der Waals surface area contributed by atoms with E-state index in [1.807, 2.05) is 6.07 Å². The summed E-state index contributed by atoms with van der Waals surface area (Å²) in [5.74, 6) is -0.0696. The molecule has 4 nitrogen and oxygen atoms in total. The number of aryl methyl sites for hydroxylation is 1. The van der Waals surface area contributed by atoms with Gasteiger partial charge in [-0.1, -0.05) is 41.4 Å². The predicted molar refractivity (Wildman–Crippen MR) is 99.4 cm³/mol. The second-order valence-electron chi connectivity index (χ2n) is 6.48. The van der Waals surface area contributed by atoms with Crippen molar-refractivity contribution >= 4 is 23.2 Å². The lowest BCUT2D eigenvalue weighted by atomic mass is 10.1. The van der Waals surface area contributed by atoms with Crippen LogP contribution < -0.4 is 5.32 Å². The van der Waals surface area contributed by atoms with Crippen LogP contribution in [0.3, 0.4) is 0 Å². The fourth-order valence-electron chi connectivity index (χ4n) is 2.75. The Morgan fingerprint density at radius 3 is 2.60 bits per heavy atom. The monoisotopic (exact) mass is 353 g/mol. The Hall–Kier alpha value is -2.35. The third-order valence-electron chi connectivity index (χ3n) is 4.29. The highest BCUT2D eigenvalue weighted by atomic mass is 35.5. The number of rotatable bonds is 6. The number of amides is 1. The zero-order valence-corrected chi connectivity index (χ0v) is 14.9. The van der Waals surface area contributed by atoms with Crippen LogP contribution >= 0.6 is 11.6 Å². The molecule has 1 saturated carbocycles. The molecule has 0 saturated heterocycles. The highest BCUT2D eigenvalue weighted by Crippen LogP contribution is 2.28. The van der Waals surface area contributed by atoms with E-state index >= 15 is 0 Å². The van der Waals surface area contributed by atoms with Crippen molar-refractivity contribution in [3.8, 4) is 6.07 Å². The molecular formula is C20H20ClN3O. The summed E-state index contributed by atoms with van der Waals surface area (Å²) in [6.45, 7) is 3.18. The summed E-state index contributed by atoms with van der Waals surface area (Å²) < 4.78 is 0. The van der Waals surface area contributed by atoms with E-state index in [0.717, 1.165) is 19.4 Å². The number of nitrogens with one attached hydrogen (secondary N) is 1. The van der Waals surface area contributed by atoms with E-state index in [1.54, 1.807) is 18.2 Å². The van der Waals surface area contributed by atoms with Gasteiger partial charge in [0.05, 0.1) is 17.1 Å². The van der Waals surface area contributed by atoms with Crippen LogP contribution in [0.4, 0.5) is 5.69 Å². The maximum Gasteiger partial charge on any atom is 0.238 e. The van der Waals surface area contributed by atoms with Crippen LogP contribution in [0.2, 0.25) is 5.02 Å². The molecule has 0 aliphatic heterocycles. The van der Waals surface area contributed by atoms with Crippen LogP contribution in [-0.4, -0.2) is 23.4 Å². The van der Waals surface area contributed by atoms with Gasteiger partial charge >= 0.3 is 0 Å². The van der Waals surface area contributed by atoms with E-state index in [1.165, 1.54) is 11.1 Å². The number of hydrogen-bond donors (Lipinski definition) is 1. The number of halogens is 1. The highest BCUT2D eigenvalue weighted by molar-refractivity contribution is 6.32. The lowest BCUT2D eigenvalue weighted by Crippen LogP contribution is -2.34. The first-order valence-electron chi connectivity index (χ1n) is 8.34. The van der Waals surface area contributed by atoms with E-state index in [-0.39, 0.29) is 5.91 Å². The topological polar surface area (TPSA) is 56.1 Å². The summed E-state index contributed by atoms with van der Waals surface area (Å²) in [7, 11) is 0. The molecule has 0 bridgehead atoms. The van der Waals surface area contributed by atoms with Crippen molar-refractivity contribution in [2.75, 3.05) is 11.9 Å². The maximum atomic E-state index is 12.4. The molecular weight excluding hydrogens is 334 g/mol. The Kier molecular flexibility index (Phi) is 5.37. The van der Waals surface area contributed by atoms with Gasteiger partial charge in [0.25, 0.3) is 0 Å². The fourth-order valence-corrected chi connectivity index (χ4v) is 2.97. The molecule has 1 N–H and O–H groups in total. The third kappa shape index (κ3) is 4.82. The summed E-state index contributed by atoms with van der Waals surface area (Å²) in [4.78, 5) is 14.6. The van der Waals surface area contributed by atoms with Gasteiger partial charge in [-0.3, -0.25) is 9.69 Å². The molecule has 3 rings (SSSR count). The number of benzene rings is 2. The number of carbonyl (C=O) groups is 1. The first-order valence-corrected chi connectivity index (χ1v) is 8.72. The standard InChI is InChI=1S/C20H20ClN3O/c1-14-2-4-15(5-3-14)12-24(18-8-9-18)13-20(25)23-17-7-6-16(11-22)19(21)10-17/h2-7,10,18H,8-9,12-13H2,1H3,(H,23,25). The fraction of sp³-hybridized carbons (Fsp3) is 0.300. The van der Waals surface area contributed by atoms with E-state index in [0.29, 0.717) is 28.9 Å². The van der Waals surface area contributed by atoms with Crippen LogP contribution in [0.15, 0.2) is 42.5 Å². The highest BCUT2D eigenvalue weighted by Gasteiger charge is 2.30. The molecule has 0 unspecified atom stereocenters. The smallest absolute Gasteiger partial charge is 0.238 e. The average Bonchev–Trinajstić information content (AvgIpc) is 3.41. The van der Waals surface area contributed by atoms with Crippen molar-refractivity contribution in [2.45, 2.75) is 32.4 Å². The van der Waals surface area contributed by atoms with Gasteiger partial charge in [-0.2, -0.15) is 5.26 Å². The van der Waals surface area contributed by atoms with Gasteiger partial charge in [-0.05, 0) is 43.5 Å². The van der Waals surface area contributed by atoms with Crippen LogP contribution in [0, 0.1) is 18.3 Å². The number of carbonyl (C=O) groups excluding carboxylic acids is 1. The zero-order chi connectivity index (χ0) is 17.8. The van der Waals surface area contributed by atoms with Gasteiger partial charge in [-0.15, -0.1) is 0 Å². The molecule has 5 heteroatoms. The SMILES string of the molecule is Cc1ccc(CN(CC(=O)Nc2ccc(C#N)c(Cl)c2)C2CC2)cc1. The molecule has 25 heavy (non-hydrogen) atoms. The normalized spacial score (nSPS) is 13.5. The van der Waals surface area contributed by atoms with E-state index < -0.39 is 0 Å². The van der Waals surface area contributed by atoms with E-state index in [2.05, 4.69) is 41.4 Å². The van der Waals surface area contributed by atoms with Crippen molar-refractivity contribution in [1.82, 2.24) is 4.90 Å². The minimum atomic E-state index is -0.0696. The van der Waals surface area contributed by atoms with Gasteiger partial charge in [0, 0.05) is 18.3 Å². The molecule has 1 aliphatic carbocycles. The van der Waals surface area contributed by atoms with Crippen molar-refractivity contribution < 1.29 is 4.79 Å². The summed E-state index contributed by atoms with van der Waals surface area (Å²) >= 11 is 6.02. The number of hydrogen-bond acceptors (Lipinski definition) is 3. The van der Waals surface area contributed by atoms with Crippen LogP contribution in [0.5, 0.6) is 0 Å². The molecule has 2 aromatic rings. The van der Waals surface area contributed by atoms with Gasteiger partial charge in [0.15, 0.2) is 0 Å². The lowest BCUT2D eigenvalue weighted by Gasteiger charge is -2.21. The second-order valence-corrected chi connectivity index (χ2v) is 6.88. The minimum absolute atomic E-state index is 0.0696. The van der Waals surface area contributed by atoms with Crippen molar-refractivity contribution in [1.29, 1.82) is 5.26 Å². The van der Waals surface area contributed by atoms with Gasteiger partial charge in [0.1, 0.15) is 6.07 Å². The van der Waals surface area contributed by atoms with Crippen molar-refractivity contribution in [3.63, 3.8) is 0 Å². The Labute approximate surface area is 153 Å². The summed E-state index contributed by atoms with van der Waals surface area (Å²) in [6, 6.07) is 15.8. The van der Waals surface area contributed by atoms with Crippen LogP contribution in [0.1, 0.15) is 29.5 Å². The third-order valence-corrected chi connectivity index (χ3v) is 4.60. The van der Waals surface area contributed by atoms with E-state index in [9.17, 15) is 4.79 Å². The van der Waals surface area contributed by atoms with Crippen molar-refractivity contribution in [3.05, 3.63) is 64.2 Å².